The zero-order chi connectivity index (χ0) is 30.3. The first-order valence-corrected chi connectivity index (χ1v) is 12.8. The topological polar surface area (TPSA) is 145 Å². The van der Waals surface area contributed by atoms with E-state index in [0.717, 1.165) is 4.57 Å². The minimum atomic E-state index is -4.64. The molecule has 3 rings (SSSR count). The number of nitrogens with zero attached hydrogens (tertiary/aromatic N) is 5. The van der Waals surface area contributed by atoms with Gasteiger partial charge in [-0.2, -0.15) is 13.2 Å². The summed E-state index contributed by atoms with van der Waals surface area (Å²) < 4.78 is 55.1. The number of carbonyl (C=O) groups is 4. The number of morpholine rings is 1. The molecule has 0 radical (unpaired) electrons. The average Bonchev–Trinajstić information content (AvgIpc) is 3.24. The van der Waals surface area contributed by atoms with Gasteiger partial charge in [-0.3, -0.25) is 14.4 Å². The van der Waals surface area contributed by atoms with Crippen molar-refractivity contribution in [3.63, 3.8) is 0 Å². The van der Waals surface area contributed by atoms with Gasteiger partial charge in [-0.1, -0.05) is 0 Å². The van der Waals surface area contributed by atoms with Gasteiger partial charge in [0.15, 0.2) is 5.82 Å². The van der Waals surface area contributed by atoms with Crippen molar-refractivity contribution in [2.45, 2.75) is 85.0 Å². The summed E-state index contributed by atoms with van der Waals surface area (Å²) in [5.74, 6) is -1.96. The summed E-state index contributed by atoms with van der Waals surface area (Å²) in [5, 5.41) is 9.43. The molecule has 0 saturated carbocycles. The van der Waals surface area contributed by atoms with Crippen LogP contribution in [0.5, 0.6) is 0 Å². The quantitative estimate of drug-likeness (QED) is 0.499. The van der Waals surface area contributed by atoms with Crippen molar-refractivity contribution < 1.29 is 46.6 Å². The van der Waals surface area contributed by atoms with E-state index in [2.05, 4.69) is 20.3 Å². The molecular weight excluding hydrogens is 541 g/mol. The van der Waals surface area contributed by atoms with E-state index in [1.54, 1.807) is 34.6 Å². The van der Waals surface area contributed by atoms with E-state index in [4.69, 9.17) is 9.47 Å². The maximum Gasteiger partial charge on any atom is 0.451 e. The van der Waals surface area contributed by atoms with Gasteiger partial charge in [-0.25, -0.2) is 4.79 Å². The highest BCUT2D eigenvalue weighted by Gasteiger charge is 2.40. The number of ether oxygens (including phenoxy) is 3. The number of carbonyl (C=O) groups excluding carboxylic acids is 4. The van der Waals surface area contributed by atoms with Gasteiger partial charge in [-0.15, -0.1) is 10.2 Å². The lowest BCUT2D eigenvalue weighted by Gasteiger charge is -2.35. The third kappa shape index (κ3) is 10.3. The molecule has 1 fully saturated rings. The van der Waals surface area contributed by atoms with Crippen LogP contribution in [0.4, 0.5) is 18.0 Å². The predicted molar refractivity (Wildman–Crippen MR) is 133 cm³/mol. The summed E-state index contributed by atoms with van der Waals surface area (Å²) in [6.07, 6.45) is -5.76. The second-order valence-corrected chi connectivity index (χ2v) is 10.3. The summed E-state index contributed by atoms with van der Waals surface area (Å²) in [6, 6.07) is -0.776. The summed E-state index contributed by atoms with van der Waals surface area (Å²) in [5.41, 5.74) is -0.769. The van der Waals surface area contributed by atoms with Crippen molar-refractivity contribution >= 4 is 23.9 Å². The van der Waals surface area contributed by atoms with E-state index in [-0.39, 0.29) is 63.0 Å². The Morgan fingerprint density at radius 3 is 2.40 bits per heavy atom. The normalized spacial score (nSPS) is 18.2. The van der Waals surface area contributed by atoms with Crippen molar-refractivity contribution in [1.82, 2.24) is 29.9 Å². The van der Waals surface area contributed by atoms with E-state index in [1.165, 1.54) is 16.7 Å². The first-order valence-electron chi connectivity index (χ1n) is 12.8. The van der Waals surface area contributed by atoms with Gasteiger partial charge in [0.05, 0.1) is 25.3 Å². The number of amides is 3. The fourth-order valence-electron chi connectivity index (χ4n) is 3.97. The van der Waals surface area contributed by atoms with Crippen molar-refractivity contribution in [2.24, 2.45) is 0 Å². The highest BCUT2D eigenvalue weighted by molar-refractivity contribution is 5.80. The van der Waals surface area contributed by atoms with Gasteiger partial charge in [0.25, 0.3) is 0 Å². The lowest BCUT2D eigenvalue weighted by molar-refractivity contribution is -0.149. The van der Waals surface area contributed by atoms with Crippen molar-refractivity contribution in [2.75, 3.05) is 32.8 Å². The van der Waals surface area contributed by atoms with Crippen molar-refractivity contribution in [1.29, 1.82) is 0 Å². The Morgan fingerprint density at radius 1 is 1.18 bits per heavy atom. The number of nitrogens with one attached hydrogen (secondary N) is 1. The summed E-state index contributed by atoms with van der Waals surface area (Å²) >= 11 is 0. The Labute approximate surface area is 230 Å². The molecule has 40 heavy (non-hydrogen) atoms. The monoisotopic (exact) mass is 578 g/mol. The van der Waals surface area contributed by atoms with Gasteiger partial charge >= 0.3 is 18.2 Å². The minimum Gasteiger partial charge on any atom is -0.466 e. The van der Waals surface area contributed by atoms with Crippen LogP contribution in [0.1, 0.15) is 59.6 Å². The molecule has 0 bridgehead atoms. The predicted octanol–water partition coefficient (Wildman–Crippen LogP) is 1.74. The lowest BCUT2D eigenvalue weighted by Crippen LogP contribution is -2.53. The zero-order valence-electron chi connectivity index (χ0n) is 23.5. The molecule has 16 heteroatoms. The summed E-state index contributed by atoms with van der Waals surface area (Å²) in [7, 11) is 0. The highest BCUT2D eigenvalue weighted by atomic mass is 19.4. The Kier molecular flexibility index (Phi) is 11.3. The second kappa shape index (κ2) is 13.8. The number of rotatable bonds is 6. The molecule has 0 unspecified atom stereocenters. The third-order valence-electron chi connectivity index (χ3n) is 5.61. The molecule has 0 spiro atoms. The lowest BCUT2D eigenvalue weighted by atomic mass is 10.1. The molecule has 2 atom stereocenters. The van der Waals surface area contributed by atoms with Gasteiger partial charge in [-0.05, 0) is 34.6 Å². The summed E-state index contributed by atoms with van der Waals surface area (Å²) in [6.45, 7) is 10.6. The molecule has 0 aliphatic carbocycles. The smallest absolute Gasteiger partial charge is 0.451 e. The molecule has 0 aromatic carbocycles. The van der Waals surface area contributed by atoms with Crippen LogP contribution in [-0.4, -0.2) is 99.0 Å². The molecule has 3 heterocycles. The van der Waals surface area contributed by atoms with E-state index in [9.17, 15) is 32.3 Å². The van der Waals surface area contributed by atoms with Crippen LogP contribution >= 0.6 is 0 Å². The number of alkyl carbamates (subject to hydrolysis) is 1. The van der Waals surface area contributed by atoms with Crippen LogP contribution in [0.3, 0.4) is 0 Å². The number of esters is 1. The van der Waals surface area contributed by atoms with Crippen LogP contribution in [0.15, 0.2) is 0 Å². The molecular formula is C24H37F3N6O7. The maximum atomic E-state index is 13.1. The third-order valence-corrected chi connectivity index (χ3v) is 5.61. The fraction of sp³-hybridized carbons (Fsp3) is 0.750. The standard InChI is InChI=1S/C20H29F3N6O5.C4H8O2/c1-12-8-28(16(31)11-33-12)9-13(24-18(32)34-19(2,3)4)7-15(30)27-5-6-29-14(10-27)25-26-17(29)20(21,22)23;1-3-6-4(2)5/h12-13H,5-11H2,1-4H3,(H,24,32);3H2,1-2H3/t12-,13+;/m1./s1. The Bertz CT molecular complexity index is 1060. The Morgan fingerprint density at radius 2 is 1.85 bits per heavy atom. The molecule has 1 saturated heterocycles. The Hall–Kier alpha value is -3.43. The fourth-order valence-corrected chi connectivity index (χ4v) is 3.97. The van der Waals surface area contributed by atoms with Crippen LogP contribution < -0.4 is 5.32 Å². The molecule has 2 aliphatic heterocycles. The van der Waals surface area contributed by atoms with E-state index < -0.39 is 35.6 Å². The number of hydrogen-bond donors (Lipinski definition) is 1. The van der Waals surface area contributed by atoms with Crippen LogP contribution in [0.25, 0.3) is 0 Å². The van der Waals surface area contributed by atoms with E-state index in [1.807, 2.05) is 0 Å². The molecule has 226 valence electrons. The first-order chi connectivity index (χ1) is 18.5. The molecule has 13 nitrogen and oxygen atoms in total. The largest absolute Gasteiger partial charge is 0.466 e. The zero-order valence-corrected chi connectivity index (χ0v) is 23.5. The number of halogens is 3. The van der Waals surface area contributed by atoms with Crippen molar-refractivity contribution in [3.05, 3.63) is 11.6 Å². The summed E-state index contributed by atoms with van der Waals surface area (Å²) in [4.78, 5) is 50.3. The van der Waals surface area contributed by atoms with Gasteiger partial charge in [0.1, 0.15) is 12.2 Å². The van der Waals surface area contributed by atoms with Crippen molar-refractivity contribution in [3.8, 4) is 0 Å². The molecule has 2 aliphatic rings. The van der Waals surface area contributed by atoms with E-state index >= 15 is 0 Å². The molecule has 3 amide bonds. The minimum absolute atomic E-state index is 0.0274. The molecule has 1 N–H and O–H groups in total. The Balaban J connectivity index is 0.000000840. The second-order valence-electron chi connectivity index (χ2n) is 10.3. The number of fused-ring (bicyclic) bond motifs is 1. The van der Waals surface area contributed by atoms with Gasteiger partial charge in [0, 0.05) is 39.5 Å². The van der Waals surface area contributed by atoms with Crippen LogP contribution in [-0.2, 0) is 47.9 Å². The molecule has 1 aromatic heterocycles. The number of hydrogen-bond acceptors (Lipinski definition) is 9. The van der Waals surface area contributed by atoms with Crippen LogP contribution in [0.2, 0.25) is 0 Å². The van der Waals surface area contributed by atoms with Gasteiger partial charge in [0.2, 0.25) is 17.6 Å². The highest BCUT2D eigenvalue weighted by Crippen LogP contribution is 2.29. The van der Waals surface area contributed by atoms with E-state index in [0.29, 0.717) is 13.2 Å². The maximum absolute atomic E-state index is 13.1. The first kappa shape index (κ1) is 32.8. The SMILES string of the molecule is CCOC(C)=O.C[C@@H]1CN(C[C@H](CC(=O)N2CCn3c(nnc3C(F)(F)F)C2)NC(=O)OC(C)(C)C)C(=O)CO1. The number of alkyl halides is 3. The average molecular weight is 579 g/mol. The van der Waals surface area contributed by atoms with Crippen LogP contribution in [0, 0.1) is 0 Å². The molecule has 1 aromatic rings. The number of aromatic nitrogens is 3. The van der Waals surface area contributed by atoms with Gasteiger partial charge < -0.3 is 33.9 Å².